The molecule has 4 atom stereocenters. The first kappa shape index (κ1) is 92.3. The van der Waals surface area contributed by atoms with Crippen molar-refractivity contribution in [3.05, 3.63) is 192 Å². The van der Waals surface area contributed by atoms with Crippen molar-refractivity contribution in [3.63, 3.8) is 0 Å². The van der Waals surface area contributed by atoms with Crippen LogP contribution in [0.25, 0.3) is 0 Å². The number of hydroxylamine groups is 2. The smallest absolute Gasteiger partial charge is 0.423 e. The molecular formula is C88H96Cl2F5N17O15. The zero-order valence-electron chi connectivity index (χ0n) is 72.2. The van der Waals surface area contributed by atoms with Gasteiger partial charge in [0.05, 0.1) is 116 Å². The Morgan fingerprint density at radius 1 is 0.528 bits per heavy atom. The normalized spacial score (nSPS) is 18.3. The van der Waals surface area contributed by atoms with E-state index in [1.54, 1.807) is 80.4 Å². The van der Waals surface area contributed by atoms with Crippen LogP contribution in [0.4, 0.5) is 56.9 Å². The Morgan fingerprint density at radius 2 is 0.961 bits per heavy atom. The van der Waals surface area contributed by atoms with Gasteiger partial charge in [0.1, 0.15) is 62.1 Å². The van der Waals surface area contributed by atoms with Crippen molar-refractivity contribution >= 4 is 93.6 Å². The minimum Gasteiger partial charge on any atom is -0.495 e. The molecule has 3 saturated heterocycles. The van der Waals surface area contributed by atoms with Gasteiger partial charge in [-0.3, -0.25) is 33.6 Å². The number of nitrogens with one attached hydrogen (secondary N) is 6. The maximum absolute atomic E-state index is 15.0. The highest BCUT2D eigenvalue weighted by Gasteiger charge is 2.46. The number of alkyl halides is 4. The van der Waals surface area contributed by atoms with Crippen LogP contribution in [0, 0.1) is 19.7 Å². The molecule has 15 rings (SSSR count). The minimum absolute atomic E-state index is 0.00521. The number of fused-ring (bicyclic) bond motifs is 3. The zero-order valence-corrected chi connectivity index (χ0v) is 73.8. The fraction of sp³-hybridized carbons (Fsp3) is 0.386. The van der Waals surface area contributed by atoms with Crippen molar-refractivity contribution in [1.29, 1.82) is 0 Å². The summed E-state index contributed by atoms with van der Waals surface area (Å²) in [6, 6.07) is 23.5. The Morgan fingerprint density at radius 3 is 1.44 bits per heavy atom. The summed E-state index contributed by atoms with van der Waals surface area (Å²) in [6.07, 6.45) is -0.327. The van der Waals surface area contributed by atoms with E-state index in [0.29, 0.717) is 113 Å². The van der Waals surface area contributed by atoms with Gasteiger partial charge in [-0.2, -0.15) is 28.1 Å². The maximum Gasteiger partial charge on any atom is 0.423 e. The second-order valence-electron chi connectivity index (χ2n) is 32.0. The number of carbonyl (C=O) groups is 6. The molecule has 32 nitrogen and oxygen atoms in total. The molecule has 6 amide bonds. The monoisotopic (exact) mass is 1800 g/mol. The van der Waals surface area contributed by atoms with Gasteiger partial charge in [-0.05, 0) is 164 Å². The average molecular weight is 1800 g/mol. The van der Waals surface area contributed by atoms with Crippen molar-refractivity contribution < 1.29 is 93.5 Å². The van der Waals surface area contributed by atoms with Crippen LogP contribution in [-0.4, -0.2) is 224 Å². The van der Waals surface area contributed by atoms with Crippen LogP contribution in [0.1, 0.15) is 149 Å². The van der Waals surface area contributed by atoms with E-state index in [0.717, 1.165) is 53.4 Å². The lowest BCUT2D eigenvalue weighted by atomic mass is 9.94. The minimum atomic E-state index is -4.91. The number of methoxy groups -OCH3 is 4. The standard InChI is InChI=1S/C31H37ClN6O5.C30H34ClFN6O4.C27H25F4N5O6/c1-17-13-22(24(41-6)14-18(17)27(39)34-21-11-12-37(4)16-25(21)42-7)35-30-33-15-20(32)28(36-30)43-23-10-8-9-19-26(23)29(40)38(5)31(19,2)3;1-16-12-22(24(41-6)13-17(16)26(39)34-21-10-11-37(4)15-20(21)32)35-29-33-14-19(31)27(36-29)42-23-9-7-8-18-25(23)28(40)38(5)30(18,2)3;1-39-21-10-16(23(37)33-15-6-8-41-9-7-15)18(28)11-19(21)34-26-32-12-17(27(29,30)31)24(35-26)42-20-5-3-4-14-13-36(40-2)25(38)22(14)20/h8-10,13-15,21,25H,11-12,16H2,1-7H3,(H,34,39)(H,33,35,36);7-9,12-14,20-21H,10-11,15H2,1-6H3,(H,34,39)(H,33,35,36);3-5,10-12,15H,6-9,13H2,1-2H3,(H,33,37)(H,32,34,35)/t21-,25+;20-,21+;/m11./s1. The fourth-order valence-electron chi connectivity index (χ4n) is 15.5. The molecule has 9 heterocycles. The molecule has 9 aromatic rings. The van der Waals surface area contributed by atoms with E-state index in [4.69, 9.17) is 65.9 Å². The lowest BCUT2D eigenvalue weighted by molar-refractivity contribution is -0.139. The van der Waals surface area contributed by atoms with Crippen molar-refractivity contribution in [3.8, 4) is 52.1 Å². The third-order valence-electron chi connectivity index (χ3n) is 23.1. The van der Waals surface area contributed by atoms with Gasteiger partial charge < -0.3 is 89.4 Å². The predicted octanol–water partition coefficient (Wildman–Crippen LogP) is 14.4. The van der Waals surface area contributed by atoms with E-state index >= 15 is 4.39 Å². The molecule has 0 spiro atoms. The fourth-order valence-corrected chi connectivity index (χ4v) is 15.7. The number of rotatable bonds is 23. The molecule has 0 saturated carbocycles. The van der Waals surface area contributed by atoms with Crippen LogP contribution < -0.4 is 60.3 Å². The van der Waals surface area contributed by atoms with Gasteiger partial charge in [-0.15, -0.1) is 0 Å². The molecule has 3 fully saturated rings. The summed E-state index contributed by atoms with van der Waals surface area (Å²) in [5, 5.41) is 19.0. The number of piperidine rings is 2. The van der Waals surface area contributed by atoms with Crippen LogP contribution in [-0.2, 0) is 38.1 Å². The molecule has 3 aromatic heterocycles. The predicted molar refractivity (Wildman–Crippen MR) is 460 cm³/mol. The highest BCUT2D eigenvalue weighted by atomic mass is 35.5. The molecular weight excluding hydrogens is 1700 g/mol. The van der Waals surface area contributed by atoms with Crippen LogP contribution >= 0.6 is 23.2 Å². The van der Waals surface area contributed by atoms with Crippen molar-refractivity contribution in [2.24, 2.45) is 0 Å². The lowest BCUT2D eigenvalue weighted by Crippen LogP contribution is -2.53. The Labute approximate surface area is 738 Å². The SMILES string of the molecule is COc1cc(C(=O)NC2CCOCC2)c(F)cc1Nc1ncc(C(F)(F)F)c(Oc2cccc3c2C(=O)N(OC)C3)n1.COc1cc(C(=O)N[C@@H]2CCN(C)C[C@@H]2OC)c(C)cc1Nc1ncc(Cl)c(Oc2cccc3c2C(=O)N(C)C3(C)C)n1.COc1cc(C(=O)N[C@H]2CCN(C)C[C@H]2F)c(C)cc1Nc1ncc(Cl)c(Oc2cccc3c2C(=O)N(C)C3(C)C)n1. The summed E-state index contributed by atoms with van der Waals surface area (Å²) in [5.74, 6) is -2.48. The summed E-state index contributed by atoms with van der Waals surface area (Å²) in [6.45, 7) is 15.2. The topological polar surface area (TPSA) is 351 Å². The Bertz CT molecular complexity index is 5720. The summed E-state index contributed by atoms with van der Waals surface area (Å²) in [5.41, 5.74) is 3.83. The van der Waals surface area contributed by atoms with E-state index in [1.165, 1.54) is 53.0 Å². The van der Waals surface area contributed by atoms with Gasteiger partial charge in [0.2, 0.25) is 35.5 Å². The van der Waals surface area contributed by atoms with Crippen molar-refractivity contribution in [2.45, 2.75) is 121 Å². The van der Waals surface area contributed by atoms with Crippen molar-refractivity contribution in [2.75, 3.05) is 119 Å². The number of hydrogen-bond donors (Lipinski definition) is 6. The van der Waals surface area contributed by atoms with Crippen molar-refractivity contribution in [1.82, 2.24) is 70.5 Å². The highest BCUT2D eigenvalue weighted by Crippen LogP contribution is 2.47. The number of likely N-dealkylation sites (tertiary alicyclic amines) is 2. The molecule has 6 N–H and O–H groups in total. The molecule has 6 aliphatic rings. The number of likely N-dealkylation sites (N-methyl/N-ethyl adjacent to an activating group) is 1. The molecule has 0 radical (unpaired) electrons. The number of hydrogen-bond acceptors (Lipinski definition) is 26. The van der Waals surface area contributed by atoms with E-state index in [1.807, 2.05) is 77.9 Å². The molecule has 6 aliphatic heterocycles. The largest absolute Gasteiger partial charge is 0.495 e. The Kier molecular flexibility index (Phi) is 27.9. The molecule has 0 aliphatic carbocycles. The third kappa shape index (κ3) is 19.9. The summed E-state index contributed by atoms with van der Waals surface area (Å²) in [7, 11) is 14.7. The van der Waals surface area contributed by atoms with Crippen LogP contribution in [0.5, 0.6) is 52.1 Å². The molecule has 672 valence electrons. The Hall–Kier alpha value is -12.4. The second-order valence-corrected chi connectivity index (χ2v) is 32.8. The van der Waals surface area contributed by atoms with E-state index in [-0.39, 0.29) is 117 Å². The number of halogens is 7. The van der Waals surface area contributed by atoms with E-state index in [2.05, 4.69) is 66.7 Å². The number of amides is 6. The van der Waals surface area contributed by atoms with Gasteiger partial charge in [-0.25, -0.2) is 28.8 Å². The lowest BCUT2D eigenvalue weighted by Gasteiger charge is -2.36. The van der Waals surface area contributed by atoms with Gasteiger partial charge in [0, 0.05) is 83.5 Å². The van der Waals surface area contributed by atoms with Gasteiger partial charge in [-0.1, -0.05) is 59.6 Å². The van der Waals surface area contributed by atoms with Gasteiger partial charge >= 0.3 is 6.18 Å². The second kappa shape index (κ2) is 38.4. The first-order valence-electron chi connectivity index (χ1n) is 40.4. The number of benzene rings is 6. The van der Waals surface area contributed by atoms with E-state index in [9.17, 15) is 46.3 Å². The van der Waals surface area contributed by atoms with Crippen LogP contribution in [0.2, 0.25) is 10.0 Å². The molecule has 39 heteroatoms. The molecule has 127 heavy (non-hydrogen) atoms. The summed E-state index contributed by atoms with van der Waals surface area (Å²) >= 11 is 12.8. The van der Waals surface area contributed by atoms with E-state index < -0.39 is 64.5 Å². The number of ether oxygens (including phenoxy) is 8. The number of aromatic nitrogens is 6. The number of aryl methyl sites for hydroxylation is 2. The number of carbonyl (C=O) groups excluding carboxylic acids is 6. The number of anilines is 6. The zero-order chi connectivity index (χ0) is 91.4. The summed E-state index contributed by atoms with van der Waals surface area (Å²) in [4.78, 5) is 115. The maximum atomic E-state index is 15.0. The quantitative estimate of drug-likeness (QED) is 0.0324. The molecule has 0 bridgehead atoms. The third-order valence-corrected chi connectivity index (χ3v) is 23.6. The van der Waals surface area contributed by atoms with Gasteiger partial charge in [0.25, 0.3) is 35.4 Å². The molecule has 0 unspecified atom stereocenters. The average Bonchev–Trinajstić information content (AvgIpc) is 1.61. The van der Waals surface area contributed by atoms with Crippen LogP contribution in [0.15, 0.2) is 110 Å². The van der Waals surface area contributed by atoms with Crippen LogP contribution in [0.3, 0.4) is 0 Å². The Balaban J connectivity index is 0.000000163. The summed E-state index contributed by atoms with van der Waals surface area (Å²) < 4.78 is 116. The highest BCUT2D eigenvalue weighted by molar-refractivity contribution is 6.32. The first-order valence-corrected chi connectivity index (χ1v) is 41.1. The first-order chi connectivity index (χ1) is 60.4. The van der Waals surface area contributed by atoms with Gasteiger partial charge in [0.15, 0.2) is 0 Å². The number of nitrogens with zero attached hydrogens (tertiary/aromatic N) is 11. The molecule has 6 aromatic carbocycles.